The first-order valence-corrected chi connectivity index (χ1v) is 6.88. The van der Waals surface area contributed by atoms with Gasteiger partial charge in [0.1, 0.15) is 0 Å². The van der Waals surface area contributed by atoms with Gasteiger partial charge in [-0.15, -0.1) is 0 Å². The molecule has 0 saturated heterocycles. The van der Waals surface area contributed by atoms with Gasteiger partial charge in [0, 0.05) is 12.2 Å². The molecule has 0 spiro atoms. The van der Waals surface area contributed by atoms with Crippen LogP contribution in [0, 0.1) is 5.92 Å². The van der Waals surface area contributed by atoms with Crippen LogP contribution in [0.2, 0.25) is 0 Å². The highest BCUT2D eigenvalue weighted by molar-refractivity contribution is 5.92. The number of nitrogens with zero attached hydrogens (tertiary/aromatic N) is 1. The Hall–Kier alpha value is -1.39. The molecule has 1 aromatic rings. The minimum absolute atomic E-state index is 0.0287. The van der Waals surface area contributed by atoms with Crippen molar-refractivity contribution in [1.29, 1.82) is 0 Å². The molecule has 4 nitrogen and oxygen atoms in total. The molecule has 0 bridgehead atoms. The van der Waals surface area contributed by atoms with Gasteiger partial charge in [-0.1, -0.05) is 12.1 Å². The third-order valence-electron chi connectivity index (χ3n) is 3.15. The highest BCUT2D eigenvalue weighted by Gasteiger charge is 2.20. The van der Waals surface area contributed by atoms with Crippen LogP contribution in [0.25, 0.3) is 0 Å². The normalized spacial score (nSPS) is 14.7. The van der Waals surface area contributed by atoms with E-state index in [1.807, 2.05) is 38.4 Å². The molecule has 1 fully saturated rings. The minimum atomic E-state index is 0.0287. The molecule has 2 rings (SSSR count). The van der Waals surface area contributed by atoms with E-state index in [1.165, 1.54) is 18.4 Å². The van der Waals surface area contributed by atoms with Crippen molar-refractivity contribution in [3.05, 3.63) is 29.8 Å². The summed E-state index contributed by atoms with van der Waals surface area (Å²) >= 11 is 0. The standard InChI is InChI=1S/C15H23N3O/c1-18(2)11-13-5-7-14(8-6-13)17-15(19)10-16-9-12-3-4-12/h5-8,12,16H,3-4,9-11H2,1-2H3,(H,17,19). The Morgan fingerprint density at radius 1 is 1.26 bits per heavy atom. The van der Waals surface area contributed by atoms with Crippen LogP contribution in [0.3, 0.4) is 0 Å². The van der Waals surface area contributed by atoms with E-state index >= 15 is 0 Å². The lowest BCUT2D eigenvalue weighted by Gasteiger charge is -2.11. The molecule has 1 aliphatic rings. The highest BCUT2D eigenvalue weighted by atomic mass is 16.1. The van der Waals surface area contributed by atoms with E-state index < -0.39 is 0 Å². The summed E-state index contributed by atoms with van der Waals surface area (Å²) in [6.45, 7) is 2.28. The predicted octanol–water partition coefficient (Wildman–Crippen LogP) is 1.69. The van der Waals surface area contributed by atoms with Gasteiger partial charge >= 0.3 is 0 Å². The van der Waals surface area contributed by atoms with E-state index in [0.717, 1.165) is 24.7 Å². The third-order valence-corrected chi connectivity index (χ3v) is 3.15. The van der Waals surface area contributed by atoms with Gasteiger partial charge in [-0.3, -0.25) is 4.79 Å². The summed E-state index contributed by atoms with van der Waals surface area (Å²) in [5.41, 5.74) is 2.11. The number of carbonyl (C=O) groups is 1. The van der Waals surface area contributed by atoms with Gasteiger partial charge in [-0.25, -0.2) is 0 Å². The predicted molar refractivity (Wildman–Crippen MR) is 78.1 cm³/mol. The molecule has 4 heteroatoms. The van der Waals surface area contributed by atoms with Crippen molar-refractivity contribution < 1.29 is 4.79 Å². The smallest absolute Gasteiger partial charge is 0.238 e. The second-order valence-corrected chi connectivity index (χ2v) is 5.56. The molecular weight excluding hydrogens is 238 g/mol. The summed E-state index contributed by atoms with van der Waals surface area (Å²) in [6.07, 6.45) is 2.61. The molecule has 0 aliphatic heterocycles. The lowest BCUT2D eigenvalue weighted by atomic mass is 10.2. The molecule has 2 N–H and O–H groups in total. The maximum atomic E-state index is 11.7. The van der Waals surface area contributed by atoms with Crippen LogP contribution in [-0.4, -0.2) is 38.0 Å². The maximum Gasteiger partial charge on any atom is 0.238 e. The fourth-order valence-corrected chi connectivity index (χ4v) is 1.98. The van der Waals surface area contributed by atoms with E-state index in [2.05, 4.69) is 15.5 Å². The fourth-order valence-electron chi connectivity index (χ4n) is 1.98. The molecule has 0 radical (unpaired) electrons. The Morgan fingerprint density at radius 2 is 1.95 bits per heavy atom. The molecule has 1 aliphatic carbocycles. The SMILES string of the molecule is CN(C)Cc1ccc(NC(=O)CNCC2CC2)cc1. The topological polar surface area (TPSA) is 44.4 Å². The van der Waals surface area contributed by atoms with Crippen LogP contribution in [0.1, 0.15) is 18.4 Å². The van der Waals surface area contributed by atoms with E-state index in [1.54, 1.807) is 0 Å². The lowest BCUT2D eigenvalue weighted by molar-refractivity contribution is -0.115. The average molecular weight is 261 g/mol. The summed E-state index contributed by atoms with van der Waals surface area (Å²) in [5, 5.41) is 6.09. The summed E-state index contributed by atoms with van der Waals surface area (Å²) in [6, 6.07) is 8.01. The van der Waals surface area contributed by atoms with E-state index in [4.69, 9.17) is 0 Å². The van der Waals surface area contributed by atoms with Crippen molar-refractivity contribution in [2.75, 3.05) is 32.5 Å². The van der Waals surface area contributed by atoms with Crippen LogP contribution in [0.15, 0.2) is 24.3 Å². The Balaban J connectivity index is 1.72. The second-order valence-electron chi connectivity index (χ2n) is 5.56. The summed E-state index contributed by atoms with van der Waals surface area (Å²) in [5.74, 6) is 0.833. The summed E-state index contributed by atoms with van der Waals surface area (Å²) < 4.78 is 0. The first kappa shape index (κ1) is 14.0. The number of nitrogens with one attached hydrogen (secondary N) is 2. The van der Waals surface area contributed by atoms with Crippen molar-refractivity contribution in [1.82, 2.24) is 10.2 Å². The van der Waals surface area contributed by atoms with Gasteiger partial charge in [-0.2, -0.15) is 0 Å². The Labute approximate surface area is 115 Å². The zero-order valence-electron chi connectivity index (χ0n) is 11.8. The third kappa shape index (κ3) is 5.41. The van der Waals surface area contributed by atoms with Crippen LogP contribution in [-0.2, 0) is 11.3 Å². The van der Waals surface area contributed by atoms with Crippen LogP contribution in [0.4, 0.5) is 5.69 Å². The van der Waals surface area contributed by atoms with Gasteiger partial charge < -0.3 is 15.5 Å². The molecule has 1 aromatic carbocycles. The van der Waals surface area contributed by atoms with Crippen molar-refractivity contribution in [2.24, 2.45) is 5.92 Å². The molecule has 0 heterocycles. The monoisotopic (exact) mass is 261 g/mol. The van der Waals surface area contributed by atoms with E-state index in [-0.39, 0.29) is 5.91 Å². The van der Waals surface area contributed by atoms with Gasteiger partial charge in [0.15, 0.2) is 0 Å². The number of anilines is 1. The Bertz CT molecular complexity index is 410. The largest absolute Gasteiger partial charge is 0.325 e. The molecule has 1 saturated carbocycles. The van der Waals surface area contributed by atoms with Crippen molar-refractivity contribution in [3.63, 3.8) is 0 Å². The number of hydrogen-bond acceptors (Lipinski definition) is 3. The number of hydrogen-bond donors (Lipinski definition) is 2. The first-order valence-electron chi connectivity index (χ1n) is 6.88. The van der Waals surface area contributed by atoms with Crippen LogP contribution in [0.5, 0.6) is 0 Å². The zero-order chi connectivity index (χ0) is 13.7. The zero-order valence-corrected chi connectivity index (χ0v) is 11.8. The Kier molecular flexibility index (Phi) is 4.93. The molecule has 0 aromatic heterocycles. The number of benzene rings is 1. The van der Waals surface area contributed by atoms with Gasteiger partial charge in [0.25, 0.3) is 0 Å². The van der Waals surface area contributed by atoms with E-state index in [0.29, 0.717) is 6.54 Å². The summed E-state index contributed by atoms with van der Waals surface area (Å²) in [7, 11) is 4.09. The molecule has 0 unspecified atom stereocenters. The number of amides is 1. The van der Waals surface area contributed by atoms with Crippen LogP contribution < -0.4 is 10.6 Å². The van der Waals surface area contributed by atoms with Crippen molar-refractivity contribution in [3.8, 4) is 0 Å². The molecule has 0 atom stereocenters. The molecule has 104 valence electrons. The first-order chi connectivity index (χ1) is 9.13. The second kappa shape index (κ2) is 6.68. The molecule has 1 amide bonds. The maximum absolute atomic E-state index is 11.7. The average Bonchev–Trinajstić information content (AvgIpc) is 3.15. The van der Waals surface area contributed by atoms with Gasteiger partial charge in [-0.05, 0) is 57.1 Å². The summed E-state index contributed by atoms with van der Waals surface area (Å²) in [4.78, 5) is 13.8. The van der Waals surface area contributed by atoms with Crippen molar-refractivity contribution in [2.45, 2.75) is 19.4 Å². The number of carbonyl (C=O) groups excluding carboxylic acids is 1. The number of rotatable bonds is 7. The van der Waals surface area contributed by atoms with Crippen molar-refractivity contribution >= 4 is 11.6 Å². The molecule has 19 heavy (non-hydrogen) atoms. The quantitative estimate of drug-likeness (QED) is 0.785. The minimum Gasteiger partial charge on any atom is -0.325 e. The van der Waals surface area contributed by atoms with E-state index in [9.17, 15) is 4.79 Å². The van der Waals surface area contributed by atoms with Gasteiger partial charge in [0.2, 0.25) is 5.91 Å². The lowest BCUT2D eigenvalue weighted by Crippen LogP contribution is -2.29. The Morgan fingerprint density at radius 3 is 2.53 bits per heavy atom. The molecular formula is C15H23N3O. The van der Waals surface area contributed by atoms with Crippen LogP contribution >= 0.6 is 0 Å². The fraction of sp³-hybridized carbons (Fsp3) is 0.533. The van der Waals surface area contributed by atoms with Gasteiger partial charge in [0.05, 0.1) is 6.54 Å². The highest BCUT2D eigenvalue weighted by Crippen LogP contribution is 2.27.